The SMILES string of the molecule is CC(C)N1CCC(c2cn(CCNc3ccccc3)nn2)CC1. The van der Waals surface area contributed by atoms with Gasteiger partial charge in [0, 0.05) is 30.4 Å². The summed E-state index contributed by atoms with van der Waals surface area (Å²) in [6.45, 7) is 8.59. The summed E-state index contributed by atoms with van der Waals surface area (Å²) in [5, 5.41) is 12.1. The molecule has 0 radical (unpaired) electrons. The van der Waals surface area contributed by atoms with Crippen LogP contribution in [-0.4, -0.2) is 45.6 Å². The number of hydrogen-bond donors (Lipinski definition) is 1. The minimum absolute atomic E-state index is 0.570. The minimum Gasteiger partial charge on any atom is -0.383 e. The molecule has 3 rings (SSSR count). The molecule has 5 heteroatoms. The Morgan fingerprint density at radius 1 is 1.17 bits per heavy atom. The Bertz CT molecular complexity index is 584. The monoisotopic (exact) mass is 313 g/mol. The van der Waals surface area contributed by atoms with Crippen LogP contribution < -0.4 is 5.32 Å². The second kappa shape index (κ2) is 7.59. The maximum absolute atomic E-state index is 4.40. The standard InChI is InChI=1S/C18H27N5/c1-15(2)22-11-8-16(9-12-22)18-14-23(21-20-18)13-10-19-17-6-4-3-5-7-17/h3-7,14-16,19H,8-13H2,1-2H3. The van der Waals surface area contributed by atoms with E-state index in [0.29, 0.717) is 12.0 Å². The third kappa shape index (κ3) is 4.32. The zero-order valence-electron chi connectivity index (χ0n) is 14.2. The van der Waals surface area contributed by atoms with Crippen molar-refractivity contribution in [3.8, 4) is 0 Å². The first kappa shape index (κ1) is 16.0. The third-order valence-electron chi connectivity index (χ3n) is 4.68. The van der Waals surface area contributed by atoms with Gasteiger partial charge in [-0.1, -0.05) is 23.4 Å². The van der Waals surface area contributed by atoms with Crippen LogP contribution in [0.2, 0.25) is 0 Å². The molecule has 1 aromatic carbocycles. The fourth-order valence-electron chi connectivity index (χ4n) is 3.19. The van der Waals surface area contributed by atoms with E-state index < -0.39 is 0 Å². The Morgan fingerprint density at radius 3 is 2.61 bits per heavy atom. The van der Waals surface area contributed by atoms with Crippen molar-refractivity contribution >= 4 is 5.69 Å². The van der Waals surface area contributed by atoms with Gasteiger partial charge in [0.2, 0.25) is 0 Å². The predicted octanol–water partition coefficient (Wildman–Crippen LogP) is 2.98. The Labute approximate surface area is 138 Å². The van der Waals surface area contributed by atoms with Gasteiger partial charge in [-0.25, -0.2) is 0 Å². The summed E-state index contributed by atoms with van der Waals surface area (Å²) in [7, 11) is 0. The van der Waals surface area contributed by atoms with Gasteiger partial charge in [0.1, 0.15) is 0 Å². The first-order valence-corrected chi connectivity index (χ1v) is 8.65. The van der Waals surface area contributed by atoms with Crippen molar-refractivity contribution in [1.82, 2.24) is 19.9 Å². The Morgan fingerprint density at radius 2 is 1.91 bits per heavy atom. The van der Waals surface area contributed by atoms with Gasteiger partial charge in [0.05, 0.1) is 12.2 Å². The van der Waals surface area contributed by atoms with Gasteiger partial charge < -0.3 is 10.2 Å². The van der Waals surface area contributed by atoms with Crippen LogP contribution in [0.4, 0.5) is 5.69 Å². The number of aromatic nitrogens is 3. The molecule has 1 aromatic heterocycles. The smallest absolute Gasteiger partial charge is 0.0858 e. The van der Waals surface area contributed by atoms with E-state index in [1.165, 1.54) is 25.9 Å². The highest BCUT2D eigenvalue weighted by molar-refractivity contribution is 5.42. The first-order chi connectivity index (χ1) is 11.2. The van der Waals surface area contributed by atoms with E-state index in [1.54, 1.807) is 0 Å². The number of nitrogens with zero attached hydrogens (tertiary/aromatic N) is 4. The largest absolute Gasteiger partial charge is 0.383 e. The highest BCUT2D eigenvalue weighted by atomic mass is 15.4. The van der Waals surface area contributed by atoms with E-state index >= 15 is 0 Å². The molecule has 5 nitrogen and oxygen atoms in total. The summed E-state index contributed by atoms with van der Waals surface area (Å²) in [6.07, 6.45) is 4.51. The summed E-state index contributed by atoms with van der Waals surface area (Å²) < 4.78 is 1.96. The van der Waals surface area contributed by atoms with E-state index in [1.807, 2.05) is 22.9 Å². The summed E-state index contributed by atoms with van der Waals surface area (Å²) in [5.74, 6) is 0.570. The van der Waals surface area contributed by atoms with Crippen LogP contribution in [0.25, 0.3) is 0 Å². The molecule has 1 N–H and O–H groups in total. The molecule has 1 saturated heterocycles. The summed E-state index contributed by atoms with van der Waals surface area (Å²) in [6, 6.07) is 10.9. The van der Waals surface area contributed by atoms with Crippen molar-refractivity contribution in [3.05, 3.63) is 42.2 Å². The lowest BCUT2D eigenvalue weighted by atomic mass is 9.93. The normalized spacial score (nSPS) is 16.8. The van der Waals surface area contributed by atoms with Crippen LogP contribution in [0, 0.1) is 0 Å². The van der Waals surface area contributed by atoms with Gasteiger partial charge in [0.15, 0.2) is 0 Å². The zero-order chi connectivity index (χ0) is 16.1. The molecule has 0 spiro atoms. The van der Waals surface area contributed by atoms with E-state index in [-0.39, 0.29) is 0 Å². The van der Waals surface area contributed by atoms with E-state index in [2.05, 4.69) is 52.7 Å². The number of anilines is 1. The molecule has 23 heavy (non-hydrogen) atoms. The fraction of sp³-hybridized carbons (Fsp3) is 0.556. The lowest BCUT2D eigenvalue weighted by Crippen LogP contribution is -2.37. The second-order valence-electron chi connectivity index (χ2n) is 6.60. The first-order valence-electron chi connectivity index (χ1n) is 8.65. The summed E-state index contributed by atoms with van der Waals surface area (Å²) in [4.78, 5) is 2.55. The predicted molar refractivity (Wildman–Crippen MR) is 93.6 cm³/mol. The maximum atomic E-state index is 4.40. The van der Waals surface area contributed by atoms with E-state index in [0.717, 1.165) is 24.5 Å². The van der Waals surface area contributed by atoms with Crippen LogP contribution in [0.3, 0.4) is 0 Å². The van der Waals surface area contributed by atoms with Gasteiger partial charge >= 0.3 is 0 Å². The zero-order valence-corrected chi connectivity index (χ0v) is 14.2. The molecule has 0 unspecified atom stereocenters. The number of para-hydroxylation sites is 1. The molecule has 0 saturated carbocycles. The Hall–Kier alpha value is -1.88. The van der Waals surface area contributed by atoms with E-state index in [4.69, 9.17) is 0 Å². The number of hydrogen-bond acceptors (Lipinski definition) is 4. The fourth-order valence-corrected chi connectivity index (χ4v) is 3.19. The molecule has 0 bridgehead atoms. The quantitative estimate of drug-likeness (QED) is 0.890. The molecule has 0 aliphatic carbocycles. The van der Waals surface area contributed by atoms with Crippen molar-refractivity contribution in [2.24, 2.45) is 0 Å². The number of benzene rings is 1. The summed E-state index contributed by atoms with van der Waals surface area (Å²) in [5.41, 5.74) is 2.31. The average molecular weight is 313 g/mol. The molecular weight excluding hydrogens is 286 g/mol. The van der Waals surface area contributed by atoms with Crippen molar-refractivity contribution in [1.29, 1.82) is 0 Å². The number of nitrogens with one attached hydrogen (secondary N) is 1. The van der Waals surface area contributed by atoms with Crippen LogP contribution in [0.1, 0.15) is 38.3 Å². The highest BCUT2D eigenvalue weighted by Gasteiger charge is 2.23. The minimum atomic E-state index is 0.570. The molecule has 0 amide bonds. The maximum Gasteiger partial charge on any atom is 0.0858 e. The molecule has 124 valence electrons. The van der Waals surface area contributed by atoms with E-state index in [9.17, 15) is 0 Å². The number of piperidine rings is 1. The molecule has 1 fully saturated rings. The summed E-state index contributed by atoms with van der Waals surface area (Å²) >= 11 is 0. The van der Waals surface area contributed by atoms with Gasteiger partial charge in [-0.2, -0.15) is 0 Å². The lowest BCUT2D eigenvalue weighted by molar-refractivity contribution is 0.171. The number of rotatable bonds is 6. The van der Waals surface area contributed by atoms with Gasteiger partial charge in [0.25, 0.3) is 0 Å². The number of likely N-dealkylation sites (tertiary alicyclic amines) is 1. The van der Waals surface area contributed by atoms with Crippen molar-refractivity contribution in [2.45, 2.75) is 45.2 Å². The van der Waals surface area contributed by atoms with Gasteiger partial charge in [-0.15, -0.1) is 5.10 Å². The molecule has 0 atom stereocenters. The molecular formula is C18H27N5. The Balaban J connectivity index is 1.47. The molecule has 2 heterocycles. The topological polar surface area (TPSA) is 46.0 Å². The van der Waals surface area contributed by atoms with Crippen molar-refractivity contribution < 1.29 is 0 Å². The van der Waals surface area contributed by atoms with Crippen LogP contribution in [-0.2, 0) is 6.54 Å². The molecule has 1 aliphatic heterocycles. The average Bonchev–Trinajstić information content (AvgIpc) is 3.05. The lowest BCUT2D eigenvalue weighted by Gasteiger charge is -2.33. The van der Waals surface area contributed by atoms with Crippen molar-refractivity contribution in [3.63, 3.8) is 0 Å². The van der Waals surface area contributed by atoms with Crippen LogP contribution in [0.15, 0.2) is 36.5 Å². The Kier molecular flexibility index (Phi) is 5.28. The van der Waals surface area contributed by atoms with Gasteiger partial charge in [-0.05, 0) is 51.9 Å². The highest BCUT2D eigenvalue weighted by Crippen LogP contribution is 2.27. The molecule has 1 aliphatic rings. The molecule has 2 aromatic rings. The van der Waals surface area contributed by atoms with Crippen molar-refractivity contribution in [2.75, 3.05) is 25.0 Å². The van der Waals surface area contributed by atoms with Crippen LogP contribution >= 0.6 is 0 Å². The third-order valence-corrected chi connectivity index (χ3v) is 4.68. The van der Waals surface area contributed by atoms with Crippen LogP contribution in [0.5, 0.6) is 0 Å². The van der Waals surface area contributed by atoms with Gasteiger partial charge in [-0.3, -0.25) is 4.68 Å². The second-order valence-corrected chi connectivity index (χ2v) is 6.60.